The summed E-state index contributed by atoms with van der Waals surface area (Å²) in [5.74, 6) is 0. The van der Waals surface area contributed by atoms with Crippen molar-refractivity contribution >= 4 is 10.0 Å². The van der Waals surface area contributed by atoms with Crippen molar-refractivity contribution in [3.63, 3.8) is 0 Å². The Bertz CT molecular complexity index is 563. The second kappa shape index (κ2) is 5.46. The van der Waals surface area contributed by atoms with E-state index in [1.807, 2.05) is 0 Å². The highest BCUT2D eigenvalue weighted by Gasteiger charge is 2.39. The zero-order valence-corrected chi connectivity index (χ0v) is 12.6. The summed E-state index contributed by atoms with van der Waals surface area (Å²) in [4.78, 5) is 0.322. The van der Waals surface area contributed by atoms with E-state index in [1.54, 1.807) is 11.2 Å². The van der Waals surface area contributed by atoms with Gasteiger partial charge in [0.1, 0.15) is 4.90 Å². The van der Waals surface area contributed by atoms with E-state index >= 15 is 0 Å². The molecule has 7 heteroatoms. The summed E-state index contributed by atoms with van der Waals surface area (Å²) in [7, 11) is -3.44. The van der Waals surface area contributed by atoms with Crippen LogP contribution in [0.2, 0.25) is 0 Å². The second-order valence-corrected chi connectivity index (χ2v) is 7.60. The van der Waals surface area contributed by atoms with Gasteiger partial charge in [0.15, 0.2) is 0 Å². The second-order valence-electron chi connectivity index (χ2n) is 5.74. The molecular weight excluding hydrogens is 276 g/mol. The van der Waals surface area contributed by atoms with Crippen molar-refractivity contribution in [2.24, 2.45) is 0 Å². The van der Waals surface area contributed by atoms with E-state index in [0.29, 0.717) is 23.2 Å². The van der Waals surface area contributed by atoms with Crippen LogP contribution in [-0.2, 0) is 10.0 Å². The molecule has 0 spiro atoms. The van der Waals surface area contributed by atoms with Gasteiger partial charge in [-0.15, -0.1) is 0 Å². The standard InChI is InChI=1S/C13H22N4O2S/c1-10-13(9-15-16-10)20(18,19)17-8-3-2-6-12(17)11-5-4-7-14-11/h9,11-12,14H,2-8H2,1H3,(H,15,16). The zero-order valence-electron chi connectivity index (χ0n) is 11.8. The van der Waals surface area contributed by atoms with Crippen LogP contribution in [0.4, 0.5) is 0 Å². The van der Waals surface area contributed by atoms with Crippen molar-refractivity contribution in [3.05, 3.63) is 11.9 Å². The highest BCUT2D eigenvalue weighted by atomic mass is 32.2. The average Bonchev–Trinajstić information content (AvgIpc) is 3.09. The number of aromatic nitrogens is 2. The smallest absolute Gasteiger partial charge is 0.246 e. The Kier molecular flexibility index (Phi) is 3.83. The van der Waals surface area contributed by atoms with Crippen LogP contribution in [0.25, 0.3) is 0 Å². The Labute approximate surface area is 120 Å². The molecule has 0 radical (unpaired) electrons. The third-order valence-corrected chi connectivity index (χ3v) is 6.47. The molecule has 2 aliphatic rings. The Hall–Kier alpha value is -0.920. The first-order valence-electron chi connectivity index (χ1n) is 7.36. The molecular formula is C13H22N4O2S. The minimum atomic E-state index is -3.44. The van der Waals surface area contributed by atoms with Gasteiger partial charge in [-0.3, -0.25) is 5.10 Å². The average molecular weight is 298 g/mol. The molecule has 1 aromatic heterocycles. The molecule has 0 saturated carbocycles. The number of hydrogen-bond acceptors (Lipinski definition) is 4. The molecule has 2 atom stereocenters. The topological polar surface area (TPSA) is 78.1 Å². The van der Waals surface area contributed by atoms with E-state index in [9.17, 15) is 8.42 Å². The molecule has 3 heterocycles. The fourth-order valence-electron chi connectivity index (χ4n) is 3.40. The molecule has 1 aromatic rings. The first kappa shape index (κ1) is 14.0. The molecule has 2 unspecified atom stereocenters. The van der Waals surface area contributed by atoms with Gasteiger partial charge in [0.2, 0.25) is 10.0 Å². The Morgan fingerprint density at radius 2 is 2.15 bits per heavy atom. The number of nitrogens with zero attached hydrogens (tertiary/aromatic N) is 2. The number of rotatable bonds is 3. The van der Waals surface area contributed by atoms with Crippen LogP contribution in [0.3, 0.4) is 0 Å². The molecule has 2 saturated heterocycles. The monoisotopic (exact) mass is 298 g/mol. The summed E-state index contributed by atoms with van der Waals surface area (Å²) < 4.78 is 27.5. The molecule has 6 nitrogen and oxygen atoms in total. The highest BCUT2D eigenvalue weighted by molar-refractivity contribution is 7.89. The lowest BCUT2D eigenvalue weighted by atomic mass is 9.97. The van der Waals surface area contributed by atoms with Crippen LogP contribution >= 0.6 is 0 Å². The van der Waals surface area contributed by atoms with Gasteiger partial charge in [0.05, 0.1) is 11.9 Å². The number of aromatic amines is 1. The van der Waals surface area contributed by atoms with Crippen LogP contribution < -0.4 is 5.32 Å². The zero-order chi connectivity index (χ0) is 14.2. The molecule has 2 N–H and O–H groups in total. The molecule has 0 aliphatic carbocycles. The van der Waals surface area contributed by atoms with Gasteiger partial charge in [-0.25, -0.2) is 8.42 Å². The molecule has 0 bridgehead atoms. The minimum absolute atomic E-state index is 0.0885. The summed E-state index contributed by atoms with van der Waals surface area (Å²) in [5, 5.41) is 10.0. The highest BCUT2D eigenvalue weighted by Crippen LogP contribution is 2.30. The predicted octanol–water partition coefficient (Wildman–Crippen LogP) is 1.01. The number of sulfonamides is 1. The van der Waals surface area contributed by atoms with Gasteiger partial charge >= 0.3 is 0 Å². The van der Waals surface area contributed by atoms with E-state index in [2.05, 4.69) is 15.5 Å². The van der Waals surface area contributed by atoms with Gasteiger partial charge in [-0.05, 0) is 39.2 Å². The number of H-pyrrole nitrogens is 1. The predicted molar refractivity (Wildman–Crippen MR) is 75.9 cm³/mol. The molecule has 20 heavy (non-hydrogen) atoms. The quantitative estimate of drug-likeness (QED) is 0.873. The summed E-state index contributed by atoms with van der Waals surface area (Å²) in [6, 6.07) is 0.392. The number of aryl methyl sites for hydroxylation is 1. The lowest BCUT2D eigenvalue weighted by Gasteiger charge is -2.38. The molecule has 0 aromatic carbocycles. The van der Waals surface area contributed by atoms with E-state index in [-0.39, 0.29) is 6.04 Å². The van der Waals surface area contributed by atoms with Crippen molar-refractivity contribution in [2.45, 2.75) is 56.0 Å². The summed E-state index contributed by atoms with van der Waals surface area (Å²) in [5.41, 5.74) is 0.619. The first-order chi connectivity index (χ1) is 9.60. The maximum Gasteiger partial charge on any atom is 0.246 e. The lowest BCUT2D eigenvalue weighted by molar-refractivity contribution is 0.211. The van der Waals surface area contributed by atoms with Crippen molar-refractivity contribution in [2.75, 3.05) is 13.1 Å². The van der Waals surface area contributed by atoms with Crippen molar-refractivity contribution < 1.29 is 8.42 Å². The van der Waals surface area contributed by atoms with Gasteiger partial charge < -0.3 is 5.32 Å². The van der Waals surface area contributed by atoms with E-state index in [0.717, 1.165) is 38.6 Å². The number of piperidine rings is 1. The molecule has 112 valence electrons. The largest absolute Gasteiger partial charge is 0.312 e. The van der Waals surface area contributed by atoms with Crippen LogP contribution in [0.5, 0.6) is 0 Å². The van der Waals surface area contributed by atoms with Gasteiger partial charge in [-0.2, -0.15) is 9.40 Å². The number of hydrogen-bond donors (Lipinski definition) is 2. The Morgan fingerprint density at radius 3 is 2.80 bits per heavy atom. The normalized spacial score (nSPS) is 28.9. The van der Waals surface area contributed by atoms with Crippen molar-refractivity contribution in [3.8, 4) is 0 Å². The van der Waals surface area contributed by atoms with Gasteiger partial charge in [0.25, 0.3) is 0 Å². The summed E-state index contributed by atoms with van der Waals surface area (Å²) >= 11 is 0. The SMILES string of the molecule is Cc1[nH]ncc1S(=O)(=O)N1CCCCC1C1CCCN1. The molecule has 3 rings (SSSR count). The van der Waals surface area contributed by atoms with E-state index < -0.39 is 10.0 Å². The minimum Gasteiger partial charge on any atom is -0.312 e. The van der Waals surface area contributed by atoms with Crippen molar-refractivity contribution in [1.82, 2.24) is 19.8 Å². The molecule has 0 amide bonds. The Morgan fingerprint density at radius 1 is 1.30 bits per heavy atom. The van der Waals surface area contributed by atoms with Crippen LogP contribution in [0.1, 0.15) is 37.8 Å². The molecule has 2 aliphatic heterocycles. The maximum absolute atomic E-state index is 12.9. The maximum atomic E-state index is 12.9. The number of nitrogens with one attached hydrogen (secondary N) is 2. The summed E-state index contributed by atoms with van der Waals surface area (Å²) in [6.45, 7) is 3.38. The van der Waals surface area contributed by atoms with E-state index in [1.165, 1.54) is 6.20 Å². The fraction of sp³-hybridized carbons (Fsp3) is 0.769. The first-order valence-corrected chi connectivity index (χ1v) is 8.80. The molecule has 2 fully saturated rings. The van der Waals surface area contributed by atoms with Crippen LogP contribution in [0, 0.1) is 6.92 Å². The van der Waals surface area contributed by atoms with E-state index in [4.69, 9.17) is 0 Å². The summed E-state index contributed by atoms with van der Waals surface area (Å²) in [6.07, 6.45) is 6.64. The Balaban J connectivity index is 1.91. The van der Waals surface area contributed by atoms with Gasteiger partial charge in [-0.1, -0.05) is 6.42 Å². The van der Waals surface area contributed by atoms with Crippen molar-refractivity contribution in [1.29, 1.82) is 0 Å². The lowest BCUT2D eigenvalue weighted by Crippen LogP contribution is -2.52. The fourth-order valence-corrected chi connectivity index (χ4v) is 5.25. The third kappa shape index (κ3) is 2.38. The van der Waals surface area contributed by atoms with Crippen LogP contribution in [-0.4, -0.2) is 48.1 Å². The van der Waals surface area contributed by atoms with Gasteiger partial charge in [0, 0.05) is 18.6 Å². The van der Waals surface area contributed by atoms with Crippen LogP contribution in [0.15, 0.2) is 11.1 Å². The third-order valence-electron chi connectivity index (χ3n) is 4.43.